The molecule has 0 bridgehead atoms. The number of aryl methyl sites for hydroxylation is 1. The maximum absolute atomic E-state index is 6.08. The van der Waals surface area contributed by atoms with Crippen LogP contribution in [0.25, 0.3) is 33.6 Å². The van der Waals surface area contributed by atoms with Crippen molar-refractivity contribution in [1.82, 2.24) is 25.5 Å². The molecule has 6 heteroatoms. The lowest BCUT2D eigenvalue weighted by Crippen LogP contribution is -2.28. The molecule has 6 nitrogen and oxygen atoms in total. The van der Waals surface area contributed by atoms with Gasteiger partial charge in [-0.3, -0.25) is 4.98 Å². The lowest BCUT2D eigenvalue weighted by molar-refractivity contribution is 0.380. The van der Waals surface area contributed by atoms with Gasteiger partial charge in [0.25, 0.3) is 0 Å². The predicted molar refractivity (Wildman–Crippen MR) is 118 cm³/mol. The Morgan fingerprint density at radius 2 is 2.00 bits per heavy atom. The van der Waals surface area contributed by atoms with Crippen molar-refractivity contribution >= 4 is 10.9 Å². The fraction of sp³-hybridized carbons (Fsp3) is 0.375. The maximum atomic E-state index is 6.08. The van der Waals surface area contributed by atoms with Crippen molar-refractivity contribution in [3.05, 3.63) is 53.7 Å². The zero-order chi connectivity index (χ0) is 20.7. The first-order valence-electron chi connectivity index (χ1n) is 10.7. The van der Waals surface area contributed by atoms with Gasteiger partial charge in [0.1, 0.15) is 0 Å². The fourth-order valence-corrected chi connectivity index (χ4v) is 4.45. The number of nitrogens with one attached hydrogen (secondary N) is 2. The summed E-state index contributed by atoms with van der Waals surface area (Å²) in [6.45, 7) is 8.46. The van der Waals surface area contributed by atoms with E-state index in [1.165, 1.54) is 10.9 Å². The normalized spacial score (nSPS) is 17.1. The van der Waals surface area contributed by atoms with Crippen LogP contribution in [0.4, 0.5) is 0 Å². The number of fused-ring (bicyclic) bond motifs is 1. The van der Waals surface area contributed by atoms with Crippen LogP contribution in [0, 0.1) is 6.92 Å². The Hall–Kier alpha value is -2.99. The van der Waals surface area contributed by atoms with E-state index in [1.54, 1.807) is 0 Å². The minimum Gasteiger partial charge on any atom is -0.420 e. The molecule has 1 fully saturated rings. The molecule has 1 atom stereocenters. The molecule has 5 rings (SSSR count). The number of H-pyrrole nitrogens is 1. The Morgan fingerprint density at radius 1 is 1.10 bits per heavy atom. The smallest absolute Gasteiger partial charge is 0.247 e. The molecule has 0 saturated carbocycles. The molecule has 0 spiro atoms. The second kappa shape index (κ2) is 7.69. The first-order valence-corrected chi connectivity index (χ1v) is 10.7. The molecule has 4 aromatic rings. The molecule has 154 valence electrons. The second-order valence-corrected chi connectivity index (χ2v) is 8.50. The Kier molecular flexibility index (Phi) is 4.87. The predicted octanol–water partition coefficient (Wildman–Crippen LogP) is 5.18. The average molecular weight is 402 g/mol. The topological polar surface area (TPSA) is 79.6 Å². The largest absolute Gasteiger partial charge is 0.420 e. The van der Waals surface area contributed by atoms with Gasteiger partial charge in [0.05, 0.1) is 5.69 Å². The number of piperidine rings is 1. The van der Waals surface area contributed by atoms with Crippen molar-refractivity contribution in [3.8, 4) is 22.7 Å². The van der Waals surface area contributed by atoms with Gasteiger partial charge in [-0.25, -0.2) is 0 Å². The van der Waals surface area contributed by atoms with E-state index < -0.39 is 0 Å². The summed E-state index contributed by atoms with van der Waals surface area (Å²) in [4.78, 5) is 7.96. The van der Waals surface area contributed by atoms with Crippen LogP contribution in [0.3, 0.4) is 0 Å². The minimum atomic E-state index is 0.309. The summed E-state index contributed by atoms with van der Waals surface area (Å²) < 4.78 is 6.08. The van der Waals surface area contributed by atoms with Crippen molar-refractivity contribution in [1.29, 1.82) is 0 Å². The van der Waals surface area contributed by atoms with Gasteiger partial charge < -0.3 is 14.7 Å². The van der Waals surface area contributed by atoms with E-state index in [2.05, 4.69) is 69.7 Å². The third kappa shape index (κ3) is 3.41. The van der Waals surface area contributed by atoms with Crippen LogP contribution < -0.4 is 5.32 Å². The summed E-state index contributed by atoms with van der Waals surface area (Å²) in [5, 5.41) is 13.3. The monoisotopic (exact) mass is 401 g/mol. The number of hydrogen-bond acceptors (Lipinski definition) is 5. The van der Waals surface area contributed by atoms with Crippen LogP contribution in [0.1, 0.15) is 55.7 Å². The molecule has 30 heavy (non-hydrogen) atoms. The van der Waals surface area contributed by atoms with Crippen molar-refractivity contribution in [2.75, 3.05) is 13.1 Å². The molecule has 1 aromatic carbocycles. The number of aromatic nitrogens is 4. The van der Waals surface area contributed by atoms with Crippen molar-refractivity contribution in [3.63, 3.8) is 0 Å². The van der Waals surface area contributed by atoms with E-state index in [-0.39, 0.29) is 0 Å². The molecule has 1 saturated heterocycles. The number of aromatic amines is 1. The van der Waals surface area contributed by atoms with Gasteiger partial charge in [0.15, 0.2) is 0 Å². The molecule has 0 radical (unpaired) electrons. The van der Waals surface area contributed by atoms with E-state index >= 15 is 0 Å². The number of rotatable bonds is 4. The molecule has 2 N–H and O–H groups in total. The number of nitrogens with zero attached hydrogens (tertiary/aromatic N) is 3. The molecular weight excluding hydrogens is 374 g/mol. The summed E-state index contributed by atoms with van der Waals surface area (Å²) in [5.74, 6) is 2.01. The molecule has 3 aromatic heterocycles. The molecule has 1 aliphatic rings. The van der Waals surface area contributed by atoms with Crippen molar-refractivity contribution < 1.29 is 4.42 Å². The standard InChI is InChI=1S/C24H27N5O/c1-14(2)21-19-12-17(23-28-29-24(30-23)18-5-4-9-25-13-18)6-7-20(19)27-22(21)16-8-10-26-15(3)11-16/h6-8,10-12,14,18,25,27H,4-5,9,13H2,1-3H3. The van der Waals surface area contributed by atoms with Gasteiger partial charge >= 0.3 is 0 Å². The summed E-state index contributed by atoms with van der Waals surface area (Å²) >= 11 is 0. The van der Waals surface area contributed by atoms with Crippen molar-refractivity contribution in [2.45, 2.75) is 45.4 Å². The van der Waals surface area contributed by atoms with Crippen LogP contribution in [0.15, 0.2) is 40.9 Å². The van der Waals surface area contributed by atoms with Gasteiger partial charge in [0.2, 0.25) is 11.8 Å². The molecule has 1 unspecified atom stereocenters. The third-order valence-electron chi connectivity index (χ3n) is 5.94. The Bertz CT molecular complexity index is 1180. The first-order chi connectivity index (χ1) is 14.6. The molecular formula is C24H27N5O. The van der Waals surface area contributed by atoms with Crippen LogP contribution in [-0.2, 0) is 0 Å². The van der Waals surface area contributed by atoms with Gasteiger partial charge in [-0.2, -0.15) is 0 Å². The van der Waals surface area contributed by atoms with Crippen LogP contribution >= 0.6 is 0 Å². The number of pyridine rings is 1. The van der Waals surface area contributed by atoms with E-state index in [4.69, 9.17) is 4.42 Å². The Balaban J connectivity index is 1.57. The first kappa shape index (κ1) is 19.0. The summed E-state index contributed by atoms with van der Waals surface area (Å²) in [7, 11) is 0. The molecule has 1 aliphatic heterocycles. The maximum Gasteiger partial charge on any atom is 0.247 e. The highest BCUT2D eigenvalue weighted by Crippen LogP contribution is 2.37. The molecule has 0 amide bonds. The lowest BCUT2D eigenvalue weighted by Gasteiger charge is -2.18. The lowest BCUT2D eigenvalue weighted by atomic mass is 9.95. The van der Waals surface area contributed by atoms with Gasteiger partial charge in [-0.1, -0.05) is 13.8 Å². The highest BCUT2D eigenvalue weighted by Gasteiger charge is 2.22. The fourth-order valence-electron chi connectivity index (χ4n) is 4.45. The van der Waals surface area contributed by atoms with Crippen molar-refractivity contribution in [2.24, 2.45) is 0 Å². The van der Waals surface area contributed by atoms with Crippen LogP contribution in [0.2, 0.25) is 0 Å². The Labute approximate surface area is 176 Å². The van der Waals surface area contributed by atoms with E-state index in [1.807, 2.05) is 13.1 Å². The molecule has 4 heterocycles. The van der Waals surface area contributed by atoms with E-state index in [0.717, 1.165) is 59.9 Å². The summed E-state index contributed by atoms with van der Waals surface area (Å²) in [6.07, 6.45) is 4.11. The quantitative estimate of drug-likeness (QED) is 0.493. The SMILES string of the molecule is Cc1cc(-c2[nH]c3ccc(-c4nnc(C5CCCNC5)o4)cc3c2C(C)C)ccn1. The summed E-state index contributed by atoms with van der Waals surface area (Å²) in [6, 6.07) is 10.5. The molecule has 0 aliphatic carbocycles. The third-order valence-corrected chi connectivity index (χ3v) is 5.94. The van der Waals surface area contributed by atoms with Crippen LogP contribution in [0.5, 0.6) is 0 Å². The number of hydrogen-bond donors (Lipinski definition) is 2. The van der Waals surface area contributed by atoms with Crippen LogP contribution in [-0.4, -0.2) is 33.3 Å². The minimum absolute atomic E-state index is 0.309. The van der Waals surface area contributed by atoms with E-state index in [9.17, 15) is 0 Å². The Morgan fingerprint density at radius 3 is 2.77 bits per heavy atom. The van der Waals surface area contributed by atoms with Gasteiger partial charge in [0, 0.05) is 46.4 Å². The highest BCUT2D eigenvalue weighted by atomic mass is 16.4. The average Bonchev–Trinajstić information content (AvgIpc) is 3.39. The second-order valence-electron chi connectivity index (χ2n) is 8.50. The number of benzene rings is 1. The zero-order valence-corrected chi connectivity index (χ0v) is 17.7. The van der Waals surface area contributed by atoms with Gasteiger partial charge in [-0.05, 0) is 68.1 Å². The zero-order valence-electron chi connectivity index (χ0n) is 17.7. The highest BCUT2D eigenvalue weighted by molar-refractivity contribution is 5.93. The van der Waals surface area contributed by atoms with Gasteiger partial charge in [-0.15, -0.1) is 10.2 Å². The van der Waals surface area contributed by atoms with E-state index in [0.29, 0.717) is 17.7 Å². The summed E-state index contributed by atoms with van der Waals surface area (Å²) in [5.41, 5.74) is 6.70.